The van der Waals surface area contributed by atoms with Gasteiger partial charge in [0.05, 0.1) is 5.69 Å². The number of hydrogen-bond acceptors (Lipinski definition) is 4. The molecule has 0 bridgehead atoms. The van der Waals surface area contributed by atoms with Crippen molar-refractivity contribution in [2.45, 2.75) is 57.3 Å². The minimum atomic E-state index is 0.347. The molecular formula is C16H25N3O2. The number of likely N-dealkylation sites (tertiary alicyclic amines) is 1. The maximum Gasteiger partial charge on any atom is 0.222 e. The highest BCUT2D eigenvalue weighted by molar-refractivity contribution is 5.76. The van der Waals surface area contributed by atoms with E-state index in [2.05, 4.69) is 5.16 Å². The van der Waals surface area contributed by atoms with E-state index in [-0.39, 0.29) is 0 Å². The van der Waals surface area contributed by atoms with Gasteiger partial charge in [0.1, 0.15) is 0 Å². The average Bonchev–Trinajstić information content (AvgIpc) is 2.95. The van der Waals surface area contributed by atoms with Gasteiger partial charge in [0.25, 0.3) is 0 Å². The first-order valence-corrected chi connectivity index (χ1v) is 8.22. The van der Waals surface area contributed by atoms with Crippen LogP contribution >= 0.6 is 0 Å². The summed E-state index contributed by atoms with van der Waals surface area (Å²) in [6.45, 7) is 1.67. The topological polar surface area (TPSA) is 72.4 Å². The van der Waals surface area contributed by atoms with Gasteiger partial charge in [-0.2, -0.15) is 0 Å². The summed E-state index contributed by atoms with van der Waals surface area (Å²) < 4.78 is 4.94. The Bertz CT molecular complexity index is 472. The second kappa shape index (κ2) is 6.50. The average molecular weight is 291 g/mol. The monoisotopic (exact) mass is 291 g/mol. The Morgan fingerprint density at radius 1 is 1.24 bits per heavy atom. The van der Waals surface area contributed by atoms with E-state index >= 15 is 0 Å². The first-order valence-electron chi connectivity index (χ1n) is 8.22. The molecule has 0 atom stereocenters. The van der Waals surface area contributed by atoms with Crippen molar-refractivity contribution >= 4 is 11.8 Å². The Morgan fingerprint density at radius 3 is 2.57 bits per heavy atom. The maximum atomic E-state index is 12.4. The van der Waals surface area contributed by atoms with Crippen molar-refractivity contribution in [3.8, 4) is 0 Å². The van der Waals surface area contributed by atoms with Gasteiger partial charge < -0.3 is 15.2 Å². The minimum Gasteiger partial charge on any atom is -0.368 e. The predicted octanol–water partition coefficient (Wildman–Crippen LogP) is 2.93. The molecule has 0 radical (unpaired) electrons. The van der Waals surface area contributed by atoms with Crippen LogP contribution in [0.5, 0.6) is 0 Å². The third-order valence-electron chi connectivity index (χ3n) is 5.00. The van der Waals surface area contributed by atoms with Crippen LogP contribution < -0.4 is 5.73 Å². The van der Waals surface area contributed by atoms with Crippen LogP contribution in [-0.2, 0) is 4.79 Å². The Balaban J connectivity index is 1.47. The first kappa shape index (κ1) is 14.4. The Hall–Kier alpha value is -1.52. The molecule has 21 heavy (non-hydrogen) atoms. The van der Waals surface area contributed by atoms with Crippen LogP contribution in [0.3, 0.4) is 0 Å². The maximum absolute atomic E-state index is 12.4. The van der Waals surface area contributed by atoms with Gasteiger partial charge >= 0.3 is 0 Å². The SMILES string of the molecule is Nc1cc(C2CCN(C(=O)CC3CCCCC3)CC2)no1. The van der Waals surface area contributed by atoms with Crippen molar-refractivity contribution in [1.29, 1.82) is 0 Å². The van der Waals surface area contributed by atoms with Crippen LogP contribution in [0.4, 0.5) is 5.88 Å². The number of nitrogens with zero attached hydrogens (tertiary/aromatic N) is 2. The molecule has 0 spiro atoms. The molecule has 0 unspecified atom stereocenters. The number of carbonyl (C=O) groups is 1. The molecule has 1 aromatic heterocycles. The summed E-state index contributed by atoms with van der Waals surface area (Å²) in [5, 5.41) is 4.00. The molecule has 2 aliphatic rings. The van der Waals surface area contributed by atoms with E-state index in [1.165, 1.54) is 32.1 Å². The van der Waals surface area contributed by atoms with E-state index in [0.29, 0.717) is 23.6 Å². The highest BCUT2D eigenvalue weighted by Crippen LogP contribution is 2.30. The van der Waals surface area contributed by atoms with Crippen molar-refractivity contribution in [3.05, 3.63) is 11.8 Å². The molecule has 1 aliphatic carbocycles. The number of piperidine rings is 1. The summed E-state index contributed by atoms with van der Waals surface area (Å²) in [7, 11) is 0. The van der Waals surface area contributed by atoms with Crippen molar-refractivity contribution in [2.24, 2.45) is 5.92 Å². The van der Waals surface area contributed by atoms with Crippen LogP contribution in [0.2, 0.25) is 0 Å². The number of amides is 1. The molecule has 0 aromatic carbocycles. The summed E-state index contributed by atoms with van der Waals surface area (Å²) in [6.07, 6.45) is 9.09. The Kier molecular flexibility index (Phi) is 4.46. The van der Waals surface area contributed by atoms with Gasteiger partial charge in [-0.05, 0) is 31.6 Å². The molecule has 3 rings (SSSR count). The van der Waals surface area contributed by atoms with Crippen LogP contribution in [0.15, 0.2) is 10.6 Å². The molecule has 1 amide bonds. The fourth-order valence-electron chi connectivity index (χ4n) is 3.69. The molecule has 2 heterocycles. The van der Waals surface area contributed by atoms with Crippen molar-refractivity contribution < 1.29 is 9.32 Å². The molecule has 2 fully saturated rings. The number of carbonyl (C=O) groups excluding carboxylic acids is 1. The van der Waals surface area contributed by atoms with Crippen LogP contribution in [0, 0.1) is 5.92 Å². The molecule has 1 saturated heterocycles. The Labute approximate surface area is 125 Å². The zero-order valence-electron chi connectivity index (χ0n) is 12.6. The van der Waals surface area contributed by atoms with E-state index in [1.807, 2.05) is 11.0 Å². The van der Waals surface area contributed by atoms with Crippen molar-refractivity contribution in [2.75, 3.05) is 18.8 Å². The van der Waals surface area contributed by atoms with Gasteiger partial charge in [0.15, 0.2) is 0 Å². The van der Waals surface area contributed by atoms with Gasteiger partial charge in [-0.25, -0.2) is 0 Å². The van der Waals surface area contributed by atoms with E-state index in [4.69, 9.17) is 10.3 Å². The lowest BCUT2D eigenvalue weighted by Gasteiger charge is -2.32. The number of anilines is 1. The Morgan fingerprint density at radius 2 is 1.95 bits per heavy atom. The molecule has 116 valence electrons. The fourth-order valence-corrected chi connectivity index (χ4v) is 3.69. The van der Waals surface area contributed by atoms with Gasteiger partial charge in [-0.1, -0.05) is 24.4 Å². The van der Waals surface area contributed by atoms with Crippen LogP contribution in [0.25, 0.3) is 0 Å². The second-order valence-electron chi connectivity index (χ2n) is 6.52. The van der Waals surface area contributed by atoms with E-state index in [0.717, 1.165) is 38.0 Å². The third-order valence-corrected chi connectivity index (χ3v) is 5.00. The second-order valence-corrected chi connectivity index (χ2v) is 6.52. The lowest BCUT2D eigenvalue weighted by Crippen LogP contribution is -2.38. The van der Waals surface area contributed by atoms with Gasteiger partial charge in [0, 0.05) is 31.5 Å². The van der Waals surface area contributed by atoms with Gasteiger partial charge in [-0.3, -0.25) is 4.79 Å². The zero-order valence-corrected chi connectivity index (χ0v) is 12.6. The number of hydrogen-bond donors (Lipinski definition) is 1. The first-order chi connectivity index (χ1) is 10.2. The molecule has 1 aliphatic heterocycles. The predicted molar refractivity (Wildman–Crippen MR) is 80.7 cm³/mol. The molecule has 1 aromatic rings. The normalized spacial score (nSPS) is 21.6. The minimum absolute atomic E-state index is 0.347. The summed E-state index contributed by atoms with van der Waals surface area (Å²) in [5.74, 6) is 1.73. The highest BCUT2D eigenvalue weighted by Gasteiger charge is 2.27. The van der Waals surface area contributed by atoms with Crippen molar-refractivity contribution in [3.63, 3.8) is 0 Å². The number of aromatic nitrogens is 1. The lowest BCUT2D eigenvalue weighted by atomic mass is 9.86. The van der Waals surface area contributed by atoms with Crippen LogP contribution in [-0.4, -0.2) is 29.1 Å². The van der Waals surface area contributed by atoms with Gasteiger partial charge in [0.2, 0.25) is 11.8 Å². The molecule has 5 nitrogen and oxygen atoms in total. The van der Waals surface area contributed by atoms with E-state index in [9.17, 15) is 4.79 Å². The summed E-state index contributed by atoms with van der Waals surface area (Å²) in [5.41, 5.74) is 6.51. The quantitative estimate of drug-likeness (QED) is 0.929. The van der Waals surface area contributed by atoms with Crippen LogP contribution in [0.1, 0.15) is 63.0 Å². The highest BCUT2D eigenvalue weighted by atomic mass is 16.5. The van der Waals surface area contributed by atoms with Gasteiger partial charge in [-0.15, -0.1) is 0 Å². The summed E-state index contributed by atoms with van der Waals surface area (Å²) in [4.78, 5) is 14.4. The smallest absolute Gasteiger partial charge is 0.222 e. The molecule has 1 saturated carbocycles. The largest absolute Gasteiger partial charge is 0.368 e. The van der Waals surface area contributed by atoms with E-state index < -0.39 is 0 Å². The molecule has 5 heteroatoms. The lowest BCUT2D eigenvalue weighted by molar-refractivity contribution is -0.133. The summed E-state index contributed by atoms with van der Waals surface area (Å²) in [6, 6.07) is 1.81. The number of rotatable bonds is 3. The molecular weight excluding hydrogens is 266 g/mol. The standard InChI is InChI=1S/C16H25N3O2/c17-15-11-14(18-21-15)13-6-8-19(9-7-13)16(20)10-12-4-2-1-3-5-12/h11-13H,1-10,17H2. The van der Waals surface area contributed by atoms with Crippen molar-refractivity contribution in [1.82, 2.24) is 10.1 Å². The summed E-state index contributed by atoms with van der Waals surface area (Å²) >= 11 is 0. The fraction of sp³-hybridized carbons (Fsp3) is 0.750. The zero-order chi connectivity index (χ0) is 14.7. The van der Waals surface area contributed by atoms with E-state index in [1.54, 1.807) is 0 Å². The third kappa shape index (κ3) is 3.57. The molecule has 2 N–H and O–H groups in total. The number of nitrogens with two attached hydrogens (primary N) is 1. The number of nitrogen functional groups attached to an aromatic ring is 1.